The number of aromatic nitrogens is 2. The van der Waals surface area contributed by atoms with Crippen LogP contribution in [0.5, 0.6) is 5.75 Å². The van der Waals surface area contributed by atoms with Crippen molar-refractivity contribution in [1.82, 2.24) is 9.78 Å². The van der Waals surface area contributed by atoms with E-state index in [1.807, 2.05) is 36.1 Å². The minimum atomic E-state index is -0.982. The lowest BCUT2D eigenvalue weighted by atomic mass is 9.79. The fourth-order valence-electron chi connectivity index (χ4n) is 3.74. The summed E-state index contributed by atoms with van der Waals surface area (Å²) < 4.78 is 25.2. The molecule has 0 unspecified atom stereocenters. The summed E-state index contributed by atoms with van der Waals surface area (Å²) >= 11 is 0. The normalized spacial score (nSPS) is 17.5. The monoisotopic (exact) mass is 462 g/mol. The number of fused-ring (bicyclic) bond motifs is 3. The van der Waals surface area contributed by atoms with Gasteiger partial charge in [0.25, 0.3) is 0 Å². The van der Waals surface area contributed by atoms with Crippen LogP contribution in [0.15, 0.2) is 18.3 Å². The molecule has 10 heteroatoms. The Bertz CT molecular complexity index is 897. The van der Waals surface area contributed by atoms with E-state index in [0.29, 0.717) is 39.1 Å². The average molecular weight is 463 g/mol. The molecule has 31 heavy (non-hydrogen) atoms. The standard InChI is InChI=1S/C21H30N2O6Si2/c1-13(21(2,3)20(28-30-4)29-31-5)10-23-19-14(9-22-23)6-7-17-16(19)8-15(11-27-17)26-12-18(24)25/h6-7,9,13,15,20H,8,10-12H2,1-5H3,(H,24,25)/t13-,15+/m0/s1. The van der Waals surface area contributed by atoms with E-state index >= 15 is 0 Å². The molecule has 2 aromatic rings. The number of carboxylic acids is 1. The van der Waals surface area contributed by atoms with Crippen molar-refractivity contribution in [3.05, 3.63) is 23.9 Å². The van der Waals surface area contributed by atoms with Crippen molar-refractivity contribution in [2.45, 2.75) is 59.2 Å². The predicted molar refractivity (Wildman–Crippen MR) is 118 cm³/mol. The van der Waals surface area contributed by atoms with Crippen LogP contribution in [0.4, 0.5) is 0 Å². The molecule has 4 radical (unpaired) electrons. The van der Waals surface area contributed by atoms with E-state index in [9.17, 15) is 4.79 Å². The highest BCUT2D eigenvalue weighted by atomic mass is 28.2. The minimum absolute atomic E-state index is 0.215. The van der Waals surface area contributed by atoms with E-state index in [-0.39, 0.29) is 30.3 Å². The summed E-state index contributed by atoms with van der Waals surface area (Å²) in [4.78, 5) is 10.9. The lowest BCUT2D eigenvalue weighted by Crippen LogP contribution is -2.42. The van der Waals surface area contributed by atoms with E-state index in [4.69, 9.17) is 23.4 Å². The maximum absolute atomic E-state index is 10.9. The van der Waals surface area contributed by atoms with Crippen LogP contribution >= 0.6 is 0 Å². The summed E-state index contributed by atoms with van der Waals surface area (Å²) in [5, 5.41) is 14.6. The van der Waals surface area contributed by atoms with Crippen LogP contribution in [0.25, 0.3) is 10.9 Å². The Kier molecular flexibility index (Phi) is 7.92. The molecule has 0 amide bonds. The number of carbonyl (C=O) groups is 1. The topological polar surface area (TPSA) is 92.0 Å². The first-order valence-corrected chi connectivity index (χ1v) is 13.2. The summed E-state index contributed by atoms with van der Waals surface area (Å²) in [6.45, 7) is 11.2. The van der Waals surface area contributed by atoms with Gasteiger partial charge in [0.2, 0.25) is 19.5 Å². The SMILES string of the molecule is C[Si]OC(O[Si]C)C(C)(C)[C@@H](C)Cn1ncc2ccc3c(c21)C[C@@H](OCC(=O)O)CO3. The Hall–Kier alpha value is -1.73. The molecule has 0 spiro atoms. The first-order chi connectivity index (χ1) is 14.8. The Morgan fingerprint density at radius 1 is 1.35 bits per heavy atom. The molecule has 3 rings (SSSR count). The van der Waals surface area contributed by atoms with E-state index in [0.717, 1.165) is 22.2 Å². The molecule has 2 atom stereocenters. The maximum Gasteiger partial charge on any atom is 0.329 e. The van der Waals surface area contributed by atoms with Gasteiger partial charge in [0.05, 0.1) is 17.8 Å². The van der Waals surface area contributed by atoms with E-state index in [1.165, 1.54) is 0 Å². The summed E-state index contributed by atoms with van der Waals surface area (Å²) in [5.41, 5.74) is 1.80. The van der Waals surface area contributed by atoms with Crippen LogP contribution < -0.4 is 4.74 Å². The molecule has 0 fully saturated rings. The third-order valence-corrected chi connectivity index (χ3v) is 6.84. The van der Waals surface area contributed by atoms with Gasteiger partial charge in [-0.15, -0.1) is 0 Å². The second kappa shape index (κ2) is 10.3. The largest absolute Gasteiger partial charge is 0.491 e. The Labute approximate surface area is 188 Å². The Balaban J connectivity index is 1.86. The second-order valence-electron chi connectivity index (χ2n) is 8.35. The fraction of sp³-hybridized carbons (Fsp3) is 0.619. The highest BCUT2D eigenvalue weighted by Gasteiger charge is 2.37. The number of carboxylic acid groups (broad SMARTS) is 1. The minimum Gasteiger partial charge on any atom is -0.491 e. The van der Waals surface area contributed by atoms with Gasteiger partial charge in [0.15, 0.2) is 0 Å². The highest BCUT2D eigenvalue weighted by molar-refractivity contribution is 6.26. The van der Waals surface area contributed by atoms with Crippen LogP contribution in [0, 0.1) is 11.3 Å². The molecule has 1 aromatic carbocycles. The summed E-state index contributed by atoms with van der Waals surface area (Å²) in [6.07, 6.45) is 1.88. The van der Waals surface area contributed by atoms with Gasteiger partial charge in [-0.25, -0.2) is 4.79 Å². The number of hydrogen-bond acceptors (Lipinski definition) is 6. The number of hydrogen-bond donors (Lipinski definition) is 1. The zero-order valence-corrected chi connectivity index (χ0v) is 20.7. The van der Waals surface area contributed by atoms with Crippen LogP contribution in [0.3, 0.4) is 0 Å². The molecular formula is C21H30N2O6Si2. The van der Waals surface area contributed by atoms with Crippen molar-refractivity contribution >= 4 is 36.4 Å². The molecule has 1 aliphatic heterocycles. The van der Waals surface area contributed by atoms with Crippen molar-refractivity contribution in [3.63, 3.8) is 0 Å². The first kappa shape index (κ1) is 23.9. The molecule has 2 heterocycles. The fourth-order valence-corrected chi connectivity index (χ4v) is 4.97. The molecule has 0 bridgehead atoms. The van der Waals surface area contributed by atoms with Gasteiger partial charge in [0, 0.05) is 29.3 Å². The first-order valence-electron chi connectivity index (χ1n) is 10.4. The van der Waals surface area contributed by atoms with Gasteiger partial charge in [-0.2, -0.15) is 5.10 Å². The van der Waals surface area contributed by atoms with E-state index < -0.39 is 5.97 Å². The third-order valence-electron chi connectivity index (χ3n) is 5.94. The van der Waals surface area contributed by atoms with Gasteiger partial charge in [-0.3, -0.25) is 4.68 Å². The van der Waals surface area contributed by atoms with Crippen molar-refractivity contribution in [2.24, 2.45) is 11.3 Å². The highest BCUT2D eigenvalue weighted by Crippen LogP contribution is 2.37. The van der Waals surface area contributed by atoms with Gasteiger partial charge in [0.1, 0.15) is 25.3 Å². The zero-order chi connectivity index (χ0) is 22.6. The quantitative estimate of drug-likeness (QED) is 0.405. The smallest absolute Gasteiger partial charge is 0.329 e. The predicted octanol–water partition coefficient (Wildman–Crippen LogP) is 2.80. The van der Waals surface area contributed by atoms with Crippen molar-refractivity contribution in [2.75, 3.05) is 13.2 Å². The van der Waals surface area contributed by atoms with Gasteiger partial charge >= 0.3 is 5.97 Å². The molecular weight excluding hydrogens is 432 g/mol. The van der Waals surface area contributed by atoms with Gasteiger partial charge < -0.3 is 23.4 Å². The zero-order valence-electron chi connectivity index (χ0n) is 18.7. The number of benzene rings is 1. The van der Waals surface area contributed by atoms with Crippen molar-refractivity contribution < 1.29 is 28.2 Å². The van der Waals surface area contributed by atoms with E-state index in [2.05, 4.69) is 25.9 Å². The molecule has 0 aliphatic carbocycles. The molecule has 0 saturated heterocycles. The number of rotatable bonds is 11. The molecule has 1 aromatic heterocycles. The summed E-state index contributed by atoms with van der Waals surface area (Å²) in [6, 6.07) is 3.96. The summed E-state index contributed by atoms with van der Waals surface area (Å²) in [7, 11) is 0.712. The third kappa shape index (κ3) is 5.37. The average Bonchev–Trinajstić information content (AvgIpc) is 3.15. The van der Waals surface area contributed by atoms with Crippen LogP contribution in [-0.4, -0.2) is 66.0 Å². The second-order valence-corrected chi connectivity index (χ2v) is 9.63. The molecule has 1 N–H and O–H groups in total. The van der Waals surface area contributed by atoms with E-state index in [1.54, 1.807) is 0 Å². The number of nitrogens with zero attached hydrogens (tertiary/aromatic N) is 2. The van der Waals surface area contributed by atoms with Crippen molar-refractivity contribution in [1.29, 1.82) is 0 Å². The molecule has 168 valence electrons. The lowest BCUT2D eigenvalue weighted by Gasteiger charge is -2.39. The Morgan fingerprint density at radius 3 is 2.71 bits per heavy atom. The number of aliphatic carboxylic acids is 1. The molecule has 0 saturated carbocycles. The molecule has 1 aliphatic rings. The number of ether oxygens (including phenoxy) is 2. The maximum atomic E-state index is 10.9. The van der Waals surface area contributed by atoms with Crippen LogP contribution in [0.1, 0.15) is 26.3 Å². The van der Waals surface area contributed by atoms with Crippen LogP contribution in [0.2, 0.25) is 13.1 Å². The van der Waals surface area contributed by atoms with Crippen LogP contribution in [-0.2, 0) is 31.3 Å². The molecule has 8 nitrogen and oxygen atoms in total. The Morgan fingerprint density at radius 2 is 2.06 bits per heavy atom. The lowest BCUT2D eigenvalue weighted by molar-refractivity contribution is -0.145. The van der Waals surface area contributed by atoms with Gasteiger partial charge in [-0.05, 0) is 31.1 Å². The van der Waals surface area contributed by atoms with Crippen molar-refractivity contribution in [3.8, 4) is 5.75 Å². The summed E-state index contributed by atoms with van der Waals surface area (Å²) in [5.74, 6) is 0.0393. The van der Waals surface area contributed by atoms with Gasteiger partial charge in [-0.1, -0.05) is 20.8 Å².